The summed E-state index contributed by atoms with van der Waals surface area (Å²) in [6, 6.07) is 7.81. The highest BCUT2D eigenvalue weighted by Gasteiger charge is 2.14. The third-order valence-corrected chi connectivity index (χ3v) is 3.92. The molecule has 5 nitrogen and oxygen atoms in total. The summed E-state index contributed by atoms with van der Waals surface area (Å²) in [6.45, 7) is 4.71. The van der Waals surface area contributed by atoms with Crippen molar-refractivity contribution in [1.29, 1.82) is 0 Å². The summed E-state index contributed by atoms with van der Waals surface area (Å²) in [4.78, 5) is 15.4. The summed E-state index contributed by atoms with van der Waals surface area (Å²) >= 11 is 0. The average molecular weight is 292 g/mol. The molecule has 0 saturated carbocycles. The maximum Gasteiger partial charge on any atom is 0.305 e. The molecule has 1 aromatic rings. The van der Waals surface area contributed by atoms with Gasteiger partial charge in [0.25, 0.3) is 0 Å². The second-order valence-electron chi connectivity index (χ2n) is 5.38. The van der Waals surface area contributed by atoms with Crippen molar-refractivity contribution in [1.82, 2.24) is 4.90 Å². The summed E-state index contributed by atoms with van der Waals surface area (Å²) in [5, 5.41) is 8.91. The molecule has 1 aliphatic rings. The van der Waals surface area contributed by atoms with Gasteiger partial charge in [0.15, 0.2) is 0 Å². The number of carbonyl (C=O) groups is 1. The third kappa shape index (κ3) is 4.93. The molecule has 2 rings (SSSR count). The van der Waals surface area contributed by atoms with E-state index in [0.29, 0.717) is 6.54 Å². The van der Waals surface area contributed by atoms with E-state index in [0.717, 1.165) is 37.6 Å². The number of nitrogens with zero attached hydrogens (tertiary/aromatic N) is 2. The van der Waals surface area contributed by atoms with Crippen molar-refractivity contribution in [2.24, 2.45) is 0 Å². The highest BCUT2D eigenvalue weighted by Crippen LogP contribution is 2.20. The van der Waals surface area contributed by atoms with Crippen molar-refractivity contribution in [3.05, 3.63) is 24.3 Å². The first-order valence-corrected chi connectivity index (χ1v) is 7.52. The molecule has 0 spiro atoms. The molecular formula is C16H24N2O3. The van der Waals surface area contributed by atoms with E-state index in [2.05, 4.69) is 9.80 Å². The molecule has 1 fully saturated rings. The number of hydrogen-bond acceptors (Lipinski definition) is 4. The van der Waals surface area contributed by atoms with E-state index in [1.54, 1.807) is 7.11 Å². The van der Waals surface area contributed by atoms with Crippen LogP contribution in [0.3, 0.4) is 0 Å². The molecular weight excluding hydrogens is 268 g/mol. The van der Waals surface area contributed by atoms with Crippen LogP contribution in [0.1, 0.15) is 19.3 Å². The van der Waals surface area contributed by atoms with Gasteiger partial charge in [0, 0.05) is 25.3 Å². The molecule has 1 saturated heterocycles. The lowest BCUT2D eigenvalue weighted by atomic mass is 10.2. The van der Waals surface area contributed by atoms with Gasteiger partial charge in [-0.05, 0) is 50.2 Å². The first-order valence-electron chi connectivity index (χ1n) is 7.52. The van der Waals surface area contributed by atoms with E-state index < -0.39 is 5.97 Å². The predicted octanol–water partition coefficient (Wildman–Crippen LogP) is 2.07. The maximum absolute atomic E-state index is 10.8. The number of carboxylic acid groups (broad SMARTS) is 1. The first kappa shape index (κ1) is 15.6. The number of methoxy groups -OCH3 is 1. The summed E-state index contributed by atoms with van der Waals surface area (Å²) in [5.74, 6) is 0.0613. The highest BCUT2D eigenvalue weighted by molar-refractivity contribution is 5.67. The predicted molar refractivity (Wildman–Crippen MR) is 83.1 cm³/mol. The van der Waals surface area contributed by atoms with Gasteiger partial charge in [-0.25, -0.2) is 0 Å². The van der Waals surface area contributed by atoms with Crippen molar-refractivity contribution in [3.63, 3.8) is 0 Å². The molecule has 0 bridgehead atoms. The van der Waals surface area contributed by atoms with Gasteiger partial charge in [-0.15, -0.1) is 0 Å². The lowest BCUT2D eigenvalue weighted by molar-refractivity contribution is -0.136. The number of likely N-dealkylation sites (tertiary alicyclic amines) is 1. The minimum absolute atomic E-state index is 0.159. The van der Waals surface area contributed by atoms with Crippen LogP contribution in [0.4, 0.5) is 5.69 Å². The van der Waals surface area contributed by atoms with Crippen molar-refractivity contribution in [2.45, 2.75) is 19.3 Å². The summed E-state index contributed by atoms with van der Waals surface area (Å²) in [5.41, 5.74) is 1.05. The number of aliphatic carboxylic acids is 1. The fourth-order valence-electron chi connectivity index (χ4n) is 2.66. The van der Waals surface area contributed by atoms with Crippen LogP contribution in [0.5, 0.6) is 5.75 Å². The molecule has 1 heterocycles. The highest BCUT2D eigenvalue weighted by atomic mass is 16.5. The largest absolute Gasteiger partial charge is 0.497 e. The lowest BCUT2D eigenvalue weighted by Crippen LogP contribution is -2.35. The van der Waals surface area contributed by atoms with Crippen LogP contribution in [0.25, 0.3) is 0 Å². The van der Waals surface area contributed by atoms with E-state index in [1.807, 2.05) is 24.3 Å². The Balaban J connectivity index is 1.96. The van der Waals surface area contributed by atoms with E-state index in [-0.39, 0.29) is 6.42 Å². The van der Waals surface area contributed by atoms with Gasteiger partial charge in [-0.3, -0.25) is 4.79 Å². The van der Waals surface area contributed by atoms with Gasteiger partial charge in [-0.2, -0.15) is 0 Å². The lowest BCUT2D eigenvalue weighted by Gasteiger charge is -2.27. The zero-order valence-electron chi connectivity index (χ0n) is 12.6. The van der Waals surface area contributed by atoms with Gasteiger partial charge < -0.3 is 19.6 Å². The number of rotatable bonds is 8. The van der Waals surface area contributed by atoms with Crippen LogP contribution in [-0.2, 0) is 4.79 Å². The molecule has 5 heteroatoms. The molecule has 116 valence electrons. The Morgan fingerprint density at radius 3 is 2.48 bits per heavy atom. The molecule has 1 N–H and O–H groups in total. The first-order chi connectivity index (χ1) is 10.2. The molecule has 0 amide bonds. The van der Waals surface area contributed by atoms with Gasteiger partial charge in [0.2, 0.25) is 0 Å². The van der Waals surface area contributed by atoms with Gasteiger partial charge >= 0.3 is 5.97 Å². The summed E-state index contributed by atoms with van der Waals surface area (Å²) < 4.78 is 5.17. The monoisotopic (exact) mass is 292 g/mol. The van der Waals surface area contributed by atoms with E-state index in [1.165, 1.54) is 12.8 Å². The Kier molecular flexibility index (Phi) is 5.87. The molecule has 0 aromatic heterocycles. The fraction of sp³-hybridized carbons (Fsp3) is 0.562. The van der Waals surface area contributed by atoms with Crippen LogP contribution in [0, 0.1) is 0 Å². The minimum Gasteiger partial charge on any atom is -0.497 e. The molecule has 1 aliphatic heterocycles. The average Bonchev–Trinajstić information content (AvgIpc) is 3.01. The Hall–Kier alpha value is -1.75. The van der Waals surface area contributed by atoms with Crippen LogP contribution in [0.2, 0.25) is 0 Å². The number of hydrogen-bond donors (Lipinski definition) is 1. The SMILES string of the molecule is COc1ccc(N(CCC(=O)O)CCN2CCCC2)cc1. The van der Waals surface area contributed by atoms with Crippen LogP contribution >= 0.6 is 0 Å². The Bertz CT molecular complexity index is 441. The normalized spacial score (nSPS) is 15.1. The second kappa shape index (κ2) is 7.88. The van der Waals surface area contributed by atoms with Crippen LogP contribution in [0.15, 0.2) is 24.3 Å². The molecule has 0 atom stereocenters. The van der Waals surface area contributed by atoms with Crippen molar-refractivity contribution in [3.8, 4) is 5.75 Å². The molecule has 1 aromatic carbocycles. The van der Waals surface area contributed by atoms with E-state index in [4.69, 9.17) is 9.84 Å². The topological polar surface area (TPSA) is 53.0 Å². The van der Waals surface area contributed by atoms with Crippen LogP contribution < -0.4 is 9.64 Å². The van der Waals surface area contributed by atoms with Gasteiger partial charge in [-0.1, -0.05) is 0 Å². The standard InChI is InChI=1S/C16H24N2O3/c1-21-15-6-4-14(5-7-15)18(11-8-16(19)20)13-12-17-9-2-3-10-17/h4-7H,2-3,8-13H2,1H3,(H,19,20). The number of benzene rings is 1. The minimum atomic E-state index is -0.755. The van der Waals surface area contributed by atoms with E-state index in [9.17, 15) is 4.79 Å². The van der Waals surface area contributed by atoms with Gasteiger partial charge in [0.1, 0.15) is 5.75 Å². The Morgan fingerprint density at radius 1 is 1.24 bits per heavy atom. The fourth-order valence-corrected chi connectivity index (χ4v) is 2.66. The van der Waals surface area contributed by atoms with Crippen molar-refractivity contribution >= 4 is 11.7 Å². The van der Waals surface area contributed by atoms with Crippen LogP contribution in [-0.4, -0.2) is 55.8 Å². The zero-order valence-corrected chi connectivity index (χ0v) is 12.6. The molecule has 21 heavy (non-hydrogen) atoms. The second-order valence-corrected chi connectivity index (χ2v) is 5.38. The molecule has 0 radical (unpaired) electrons. The third-order valence-electron chi connectivity index (χ3n) is 3.92. The Labute approximate surface area is 126 Å². The summed E-state index contributed by atoms with van der Waals surface area (Å²) in [7, 11) is 1.64. The smallest absolute Gasteiger partial charge is 0.305 e. The van der Waals surface area contributed by atoms with E-state index >= 15 is 0 Å². The quantitative estimate of drug-likeness (QED) is 0.795. The van der Waals surface area contributed by atoms with Crippen molar-refractivity contribution in [2.75, 3.05) is 44.7 Å². The molecule has 0 unspecified atom stereocenters. The maximum atomic E-state index is 10.8. The Morgan fingerprint density at radius 2 is 1.90 bits per heavy atom. The number of carboxylic acids is 1. The zero-order chi connectivity index (χ0) is 15.1. The summed E-state index contributed by atoms with van der Waals surface area (Å²) in [6.07, 6.45) is 2.71. The molecule has 0 aliphatic carbocycles. The van der Waals surface area contributed by atoms with Crippen molar-refractivity contribution < 1.29 is 14.6 Å². The number of ether oxygens (including phenoxy) is 1. The van der Waals surface area contributed by atoms with Gasteiger partial charge in [0.05, 0.1) is 13.5 Å². The number of anilines is 1.